The Morgan fingerprint density at radius 2 is 2.08 bits per heavy atom. The molecular formula is C14H19N5O4S2. The number of carbonyl (C=O) groups is 1. The fraction of sp³-hybridized carbons (Fsp3) is 0.357. The number of aromatic nitrogens is 3. The first-order valence-electron chi connectivity index (χ1n) is 7.14. The number of hydrogen-bond acceptors (Lipinski definition) is 7. The second kappa shape index (κ2) is 7.85. The Labute approximate surface area is 151 Å². The van der Waals surface area contributed by atoms with Gasteiger partial charge in [0.1, 0.15) is 0 Å². The zero-order valence-corrected chi connectivity index (χ0v) is 16.1. The first-order chi connectivity index (χ1) is 11.8. The average molecular weight is 385 g/mol. The van der Waals surface area contributed by atoms with Crippen LogP contribution in [0.25, 0.3) is 0 Å². The van der Waals surface area contributed by atoms with Gasteiger partial charge in [-0.15, -0.1) is 9.78 Å². The van der Waals surface area contributed by atoms with Crippen LogP contribution in [0.5, 0.6) is 0 Å². The minimum atomic E-state index is -1.96. The summed E-state index contributed by atoms with van der Waals surface area (Å²) >= 11 is -0.735. The molecule has 1 amide bonds. The summed E-state index contributed by atoms with van der Waals surface area (Å²) in [5, 5.41) is 4.24. The molecule has 0 fully saturated rings. The lowest BCUT2D eigenvalue weighted by Gasteiger charge is -2.19. The van der Waals surface area contributed by atoms with Crippen molar-refractivity contribution in [2.45, 2.75) is 17.0 Å². The van der Waals surface area contributed by atoms with Crippen molar-refractivity contribution in [1.82, 2.24) is 19.8 Å². The van der Waals surface area contributed by atoms with E-state index in [4.69, 9.17) is 4.28 Å². The number of hydroxylamine groups is 1. The molecule has 0 aliphatic rings. The van der Waals surface area contributed by atoms with Gasteiger partial charge in [-0.05, 0) is 24.8 Å². The van der Waals surface area contributed by atoms with E-state index in [1.54, 1.807) is 18.4 Å². The highest BCUT2D eigenvalue weighted by atomic mass is 32.2. The van der Waals surface area contributed by atoms with Gasteiger partial charge in [0, 0.05) is 21.1 Å². The molecule has 0 bridgehead atoms. The first kappa shape index (κ1) is 19.2. The third kappa shape index (κ3) is 3.94. The van der Waals surface area contributed by atoms with Crippen LogP contribution < -0.4 is 16.1 Å². The molecule has 1 aromatic heterocycles. The molecule has 1 N–H and O–H groups in total. The van der Waals surface area contributed by atoms with Crippen LogP contribution in [0.1, 0.15) is 5.56 Å². The highest BCUT2D eigenvalue weighted by Gasteiger charge is 2.19. The number of para-hydroxylation sites is 1. The van der Waals surface area contributed by atoms with Gasteiger partial charge in [-0.25, -0.2) is 13.8 Å². The van der Waals surface area contributed by atoms with Crippen LogP contribution in [0.4, 0.5) is 10.5 Å². The van der Waals surface area contributed by atoms with Crippen LogP contribution >= 0.6 is 11.8 Å². The van der Waals surface area contributed by atoms with E-state index in [9.17, 15) is 13.8 Å². The van der Waals surface area contributed by atoms with Crippen LogP contribution in [0.15, 0.2) is 33.0 Å². The standard InChI is InChI=1S/C14H19N5O4S2/c1-9-7-6-8-10(11(9)17(2)3)25(22)23-16-12(20)19-14(21)18(4)13(15-19)24-5/h6-8H,1-5H3,(H,16,20). The lowest BCUT2D eigenvalue weighted by molar-refractivity contribution is 0.186. The van der Waals surface area contributed by atoms with Crippen LogP contribution in [0.3, 0.4) is 0 Å². The van der Waals surface area contributed by atoms with E-state index in [1.165, 1.54) is 23.4 Å². The number of carbonyl (C=O) groups excluding carboxylic acids is 1. The molecule has 9 nitrogen and oxygen atoms in total. The number of aryl methyl sites for hydroxylation is 1. The average Bonchev–Trinajstić information content (AvgIpc) is 2.86. The Morgan fingerprint density at radius 1 is 1.40 bits per heavy atom. The van der Waals surface area contributed by atoms with Gasteiger partial charge in [-0.3, -0.25) is 4.57 Å². The molecule has 0 aliphatic carbocycles. The fourth-order valence-corrected chi connectivity index (χ4v) is 3.67. The quantitative estimate of drug-likeness (QED) is 0.603. The molecule has 1 atom stereocenters. The first-order valence-corrected chi connectivity index (χ1v) is 9.44. The van der Waals surface area contributed by atoms with Crippen molar-refractivity contribution in [2.24, 2.45) is 7.05 Å². The van der Waals surface area contributed by atoms with E-state index < -0.39 is 22.8 Å². The molecule has 0 saturated carbocycles. The summed E-state index contributed by atoms with van der Waals surface area (Å²) in [6, 6.07) is 4.35. The van der Waals surface area contributed by atoms with Gasteiger partial charge in [0.2, 0.25) is 11.1 Å². The van der Waals surface area contributed by atoms with Crippen molar-refractivity contribution in [3.05, 3.63) is 34.2 Å². The molecule has 136 valence electrons. The van der Waals surface area contributed by atoms with Gasteiger partial charge in [0.05, 0.1) is 10.6 Å². The summed E-state index contributed by atoms with van der Waals surface area (Å²) in [4.78, 5) is 26.2. The number of hydrogen-bond donors (Lipinski definition) is 1. The summed E-state index contributed by atoms with van der Waals surface area (Å²) in [7, 11) is 5.14. The number of rotatable bonds is 5. The fourth-order valence-electron chi connectivity index (χ4n) is 2.23. The third-order valence-electron chi connectivity index (χ3n) is 3.35. The van der Waals surface area contributed by atoms with E-state index in [-0.39, 0.29) is 0 Å². The SMILES string of the molecule is CSc1nn(C(=O)NOS(=O)c2cccc(C)c2N(C)C)c(=O)n1C. The number of thioether (sulfide) groups is 1. The molecule has 2 rings (SSSR count). The smallest absolute Gasteiger partial charge is 0.371 e. The molecule has 0 radical (unpaired) electrons. The van der Waals surface area contributed by atoms with Gasteiger partial charge in [-0.1, -0.05) is 23.9 Å². The van der Waals surface area contributed by atoms with Crippen LogP contribution in [-0.4, -0.2) is 44.9 Å². The molecular weight excluding hydrogens is 366 g/mol. The maximum absolute atomic E-state index is 12.4. The molecule has 0 aliphatic heterocycles. The molecule has 1 heterocycles. The van der Waals surface area contributed by atoms with E-state index in [0.717, 1.165) is 11.3 Å². The Bertz CT molecular complexity index is 875. The van der Waals surface area contributed by atoms with Gasteiger partial charge >= 0.3 is 11.7 Å². The van der Waals surface area contributed by atoms with Crippen molar-refractivity contribution >= 4 is 34.6 Å². The highest BCUT2D eigenvalue weighted by molar-refractivity contribution is 7.98. The van der Waals surface area contributed by atoms with Crippen LogP contribution in [-0.2, 0) is 22.4 Å². The van der Waals surface area contributed by atoms with Gasteiger partial charge in [0.25, 0.3) is 0 Å². The Kier molecular flexibility index (Phi) is 6.03. The van der Waals surface area contributed by atoms with Crippen molar-refractivity contribution in [1.29, 1.82) is 0 Å². The molecule has 2 aromatic rings. The summed E-state index contributed by atoms with van der Waals surface area (Å²) in [5.41, 5.74) is 3.03. The third-order valence-corrected chi connectivity index (χ3v) is 4.99. The van der Waals surface area contributed by atoms with Crippen molar-refractivity contribution < 1.29 is 13.3 Å². The van der Waals surface area contributed by atoms with Gasteiger partial charge in [-0.2, -0.15) is 9.76 Å². The number of nitrogens with one attached hydrogen (secondary N) is 1. The zero-order chi connectivity index (χ0) is 18.7. The molecule has 1 unspecified atom stereocenters. The molecule has 1 aromatic carbocycles. The lowest BCUT2D eigenvalue weighted by atomic mass is 10.2. The number of amides is 1. The summed E-state index contributed by atoms with van der Waals surface area (Å²) < 4.78 is 19.2. The van der Waals surface area contributed by atoms with Crippen molar-refractivity contribution in [2.75, 3.05) is 25.3 Å². The minimum Gasteiger partial charge on any atom is -0.376 e. The summed E-state index contributed by atoms with van der Waals surface area (Å²) in [6.45, 7) is 1.88. The lowest BCUT2D eigenvalue weighted by Crippen LogP contribution is -2.37. The summed E-state index contributed by atoms with van der Waals surface area (Å²) in [6.07, 6.45) is 1.73. The number of nitrogens with zero attached hydrogens (tertiary/aromatic N) is 4. The minimum absolute atomic E-state index is 0.370. The predicted molar refractivity (Wildman–Crippen MR) is 96.2 cm³/mol. The Hall–Kier alpha value is -2.11. The maximum atomic E-state index is 12.4. The van der Waals surface area contributed by atoms with E-state index in [1.807, 2.05) is 37.5 Å². The van der Waals surface area contributed by atoms with Crippen LogP contribution in [0, 0.1) is 6.92 Å². The monoisotopic (exact) mass is 385 g/mol. The van der Waals surface area contributed by atoms with E-state index in [0.29, 0.717) is 14.7 Å². The number of anilines is 1. The van der Waals surface area contributed by atoms with Gasteiger partial charge in [0.15, 0.2) is 5.16 Å². The molecule has 11 heteroatoms. The molecule has 25 heavy (non-hydrogen) atoms. The normalized spacial score (nSPS) is 12.0. The topological polar surface area (TPSA) is 98.5 Å². The maximum Gasteiger partial charge on any atom is 0.371 e. The van der Waals surface area contributed by atoms with E-state index >= 15 is 0 Å². The van der Waals surface area contributed by atoms with Gasteiger partial charge < -0.3 is 4.90 Å². The zero-order valence-electron chi connectivity index (χ0n) is 14.5. The Balaban J connectivity index is 2.17. The number of benzene rings is 1. The molecule has 0 spiro atoms. The molecule has 0 saturated heterocycles. The second-order valence-corrected chi connectivity index (χ2v) is 7.13. The summed E-state index contributed by atoms with van der Waals surface area (Å²) in [5.74, 6) is 0. The van der Waals surface area contributed by atoms with Crippen LogP contribution in [0.2, 0.25) is 0 Å². The largest absolute Gasteiger partial charge is 0.376 e. The Morgan fingerprint density at radius 3 is 2.64 bits per heavy atom. The van der Waals surface area contributed by atoms with Crippen molar-refractivity contribution in [3.63, 3.8) is 0 Å². The van der Waals surface area contributed by atoms with E-state index in [2.05, 4.69) is 5.10 Å². The predicted octanol–water partition coefficient (Wildman–Crippen LogP) is 0.890. The van der Waals surface area contributed by atoms with Crippen molar-refractivity contribution in [3.8, 4) is 0 Å². The highest BCUT2D eigenvalue weighted by Crippen LogP contribution is 2.26. The second-order valence-electron chi connectivity index (χ2n) is 5.28.